The van der Waals surface area contributed by atoms with Gasteiger partial charge in [0.05, 0.1) is 12.6 Å². The molecule has 0 amide bonds. The molecule has 1 aliphatic rings. The summed E-state index contributed by atoms with van der Waals surface area (Å²) in [5.74, 6) is 0.874. The van der Waals surface area contributed by atoms with Crippen LogP contribution in [0.2, 0.25) is 0 Å². The molecule has 1 atom stereocenters. The van der Waals surface area contributed by atoms with Crippen molar-refractivity contribution in [1.29, 1.82) is 0 Å². The lowest BCUT2D eigenvalue weighted by atomic mass is 10.1. The van der Waals surface area contributed by atoms with Gasteiger partial charge in [-0.15, -0.1) is 11.3 Å². The Morgan fingerprint density at radius 2 is 2.08 bits per heavy atom. The molecule has 0 saturated carbocycles. The maximum Gasteiger partial charge on any atom is 0.192 e. The van der Waals surface area contributed by atoms with E-state index in [4.69, 9.17) is 4.99 Å². The molecule has 1 unspecified atom stereocenters. The Labute approximate surface area is 161 Å². The number of benzene rings is 1. The topological polar surface area (TPSA) is 39.7 Å². The van der Waals surface area contributed by atoms with E-state index in [2.05, 4.69) is 72.0 Å². The van der Waals surface area contributed by atoms with Gasteiger partial charge in [0.25, 0.3) is 0 Å². The molecule has 3 rings (SSSR count). The van der Waals surface area contributed by atoms with Crippen LogP contribution in [0, 0.1) is 6.92 Å². The summed E-state index contributed by atoms with van der Waals surface area (Å²) in [6, 6.07) is 11.3. The number of anilines is 1. The molecule has 4 nitrogen and oxygen atoms in total. The molecule has 1 saturated heterocycles. The summed E-state index contributed by atoms with van der Waals surface area (Å²) < 4.78 is 0. The summed E-state index contributed by atoms with van der Waals surface area (Å²) in [6.07, 6.45) is 2.61. The molecule has 1 fully saturated rings. The minimum absolute atomic E-state index is 0.208. The molecule has 1 aliphatic heterocycles. The lowest BCUT2D eigenvalue weighted by molar-refractivity contribution is 0.686. The Hall–Kier alpha value is -2.01. The lowest BCUT2D eigenvalue weighted by Gasteiger charge is -2.22. The maximum atomic E-state index is 4.78. The van der Waals surface area contributed by atoms with Crippen LogP contribution in [0.4, 0.5) is 5.69 Å². The molecule has 2 N–H and O–H groups in total. The third kappa shape index (κ3) is 4.79. The number of hydrogen-bond donors (Lipinski definition) is 2. The zero-order valence-corrected chi connectivity index (χ0v) is 16.9. The predicted octanol–water partition coefficient (Wildman–Crippen LogP) is 4.47. The molecule has 140 valence electrons. The van der Waals surface area contributed by atoms with Crippen LogP contribution in [0.25, 0.3) is 0 Å². The molecule has 0 aliphatic carbocycles. The first-order chi connectivity index (χ1) is 12.7. The minimum Gasteiger partial charge on any atom is -0.372 e. The largest absolute Gasteiger partial charge is 0.372 e. The highest BCUT2D eigenvalue weighted by Gasteiger charge is 2.14. The number of hydrogen-bond acceptors (Lipinski definition) is 3. The van der Waals surface area contributed by atoms with Gasteiger partial charge in [0.2, 0.25) is 0 Å². The third-order valence-corrected chi connectivity index (χ3v) is 5.90. The van der Waals surface area contributed by atoms with Crippen molar-refractivity contribution in [2.45, 2.75) is 46.2 Å². The van der Waals surface area contributed by atoms with E-state index in [9.17, 15) is 0 Å². The summed E-state index contributed by atoms with van der Waals surface area (Å²) in [6.45, 7) is 10.4. The van der Waals surface area contributed by atoms with E-state index >= 15 is 0 Å². The molecular formula is C21H30N4S. The number of nitrogens with zero attached hydrogens (tertiary/aromatic N) is 2. The van der Waals surface area contributed by atoms with E-state index in [1.807, 2.05) is 0 Å². The van der Waals surface area contributed by atoms with Crippen LogP contribution in [-0.4, -0.2) is 25.6 Å². The van der Waals surface area contributed by atoms with E-state index < -0.39 is 0 Å². The van der Waals surface area contributed by atoms with Crippen LogP contribution in [0.15, 0.2) is 40.7 Å². The smallest absolute Gasteiger partial charge is 0.192 e. The highest BCUT2D eigenvalue weighted by molar-refractivity contribution is 7.10. The first-order valence-electron chi connectivity index (χ1n) is 9.60. The van der Waals surface area contributed by atoms with Crippen molar-refractivity contribution in [3.05, 3.63) is 51.7 Å². The van der Waals surface area contributed by atoms with Crippen molar-refractivity contribution in [3.63, 3.8) is 0 Å². The zero-order chi connectivity index (χ0) is 18.4. The van der Waals surface area contributed by atoms with Crippen molar-refractivity contribution in [2.75, 3.05) is 24.5 Å². The van der Waals surface area contributed by atoms with Crippen LogP contribution in [0.5, 0.6) is 0 Å². The van der Waals surface area contributed by atoms with E-state index in [0.29, 0.717) is 0 Å². The Balaban J connectivity index is 1.68. The molecule has 26 heavy (non-hydrogen) atoms. The number of guanidine groups is 1. The maximum absolute atomic E-state index is 4.78. The molecule has 5 heteroatoms. The van der Waals surface area contributed by atoms with E-state index in [1.54, 1.807) is 11.3 Å². The Kier molecular flexibility index (Phi) is 6.56. The van der Waals surface area contributed by atoms with Gasteiger partial charge in [-0.2, -0.15) is 0 Å². The fourth-order valence-electron chi connectivity index (χ4n) is 3.29. The number of nitrogens with one attached hydrogen (secondary N) is 2. The second-order valence-electron chi connectivity index (χ2n) is 6.88. The standard InChI is InChI=1S/C21H30N4S/c1-4-22-21(23-15-20-16(2)10-13-26-20)24-17(3)18-8-7-9-19(14-18)25-11-5-6-12-25/h7-10,13-14,17H,4-6,11-12,15H2,1-3H3,(H2,22,23,24). The number of aryl methyl sites for hydroxylation is 1. The van der Waals surface area contributed by atoms with Gasteiger partial charge in [0.15, 0.2) is 5.96 Å². The van der Waals surface area contributed by atoms with Gasteiger partial charge in [-0.1, -0.05) is 12.1 Å². The summed E-state index contributed by atoms with van der Waals surface area (Å²) in [7, 11) is 0. The molecular weight excluding hydrogens is 340 g/mol. The van der Waals surface area contributed by atoms with Crippen molar-refractivity contribution in [1.82, 2.24) is 10.6 Å². The van der Waals surface area contributed by atoms with Crippen LogP contribution in [0.1, 0.15) is 48.7 Å². The van der Waals surface area contributed by atoms with Gasteiger partial charge in [-0.3, -0.25) is 0 Å². The van der Waals surface area contributed by atoms with E-state index in [1.165, 1.54) is 47.6 Å². The Bertz CT molecular complexity index is 731. The van der Waals surface area contributed by atoms with Crippen LogP contribution in [0.3, 0.4) is 0 Å². The molecule has 1 aromatic heterocycles. The minimum atomic E-state index is 0.208. The third-order valence-electron chi connectivity index (χ3n) is 4.89. The van der Waals surface area contributed by atoms with Crippen molar-refractivity contribution >= 4 is 23.0 Å². The highest BCUT2D eigenvalue weighted by atomic mass is 32.1. The lowest BCUT2D eigenvalue weighted by Crippen LogP contribution is -2.38. The molecule has 0 bridgehead atoms. The van der Waals surface area contributed by atoms with Crippen LogP contribution in [-0.2, 0) is 6.54 Å². The second-order valence-corrected chi connectivity index (χ2v) is 7.88. The first kappa shape index (κ1) is 18.8. The normalized spacial score (nSPS) is 16.0. The summed E-state index contributed by atoms with van der Waals surface area (Å²) in [5.41, 5.74) is 3.96. The van der Waals surface area contributed by atoms with Crippen molar-refractivity contribution in [3.8, 4) is 0 Å². The van der Waals surface area contributed by atoms with Gasteiger partial charge < -0.3 is 15.5 Å². The van der Waals surface area contributed by atoms with Crippen LogP contribution >= 0.6 is 11.3 Å². The summed E-state index contributed by atoms with van der Waals surface area (Å²) in [4.78, 5) is 8.58. The molecule has 1 aromatic carbocycles. The molecule has 0 radical (unpaired) electrons. The Morgan fingerprint density at radius 1 is 1.27 bits per heavy atom. The average Bonchev–Trinajstić information content (AvgIpc) is 3.32. The SMILES string of the molecule is CCNC(=NCc1sccc1C)NC(C)c1cccc(N2CCCC2)c1. The number of aliphatic imine (C=N–C) groups is 1. The van der Waals surface area contributed by atoms with Crippen LogP contribution < -0.4 is 15.5 Å². The molecule has 0 spiro atoms. The fourth-order valence-corrected chi connectivity index (χ4v) is 4.12. The molecule has 2 aromatic rings. The fraction of sp³-hybridized carbons (Fsp3) is 0.476. The number of rotatable bonds is 6. The predicted molar refractivity (Wildman–Crippen MR) is 113 cm³/mol. The summed E-state index contributed by atoms with van der Waals surface area (Å²) in [5, 5.41) is 9.06. The van der Waals surface area contributed by atoms with Crippen molar-refractivity contribution < 1.29 is 0 Å². The molecule has 2 heterocycles. The van der Waals surface area contributed by atoms with Gasteiger partial charge in [-0.25, -0.2) is 4.99 Å². The quantitative estimate of drug-likeness (QED) is 0.582. The Morgan fingerprint density at radius 3 is 2.77 bits per heavy atom. The monoisotopic (exact) mass is 370 g/mol. The second kappa shape index (κ2) is 9.08. The van der Waals surface area contributed by atoms with E-state index in [0.717, 1.165) is 19.0 Å². The van der Waals surface area contributed by atoms with Gasteiger partial charge >= 0.3 is 0 Å². The van der Waals surface area contributed by atoms with Gasteiger partial charge in [0, 0.05) is 30.2 Å². The average molecular weight is 371 g/mol. The van der Waals surface area contributed by atoms with Gasteiger partial charge in [-0.05, 0) is 68.3 Å². The van der Waals surface area contributed by atoms with Crippen molar-refractivity contribution in [2.24, 2.45) is 4.99 Å². The van der Waals surface area contributed by atoms with Gasteiger partial charge in [0.1, 0.15) is 0 Å². The zero-order valence-electron chi connectivity index (χ0n) is 16.1. The number of thiophene rings is 1. The van der Waals surface area contributed by atoms with E-state index in [-0.39, 0.29) is 6.04 Å². The highest BCUT2D eigenvalue weighted by Crippen LogP contribution is 2.24. The summed E-state index contributed by atoms with van der Waals surface area (Å²) >= 11 is 1.77. The first-order valence-corrected chi connectivity index (χ1v) is 10.5.